The number of hydrogen-bond acceptors (Lipinski definition) is 7. The van der Waals surface area contributed by atoms with E-state index in [4.69, 9.17) is 13.9 Å². The maximum Gasteiger partial charge on any atom is 0.313 e. The Hall–Kier alpha value is -3.20. The number of rotatable bonds is 6. The maximum absolute atomic E-state index is 13.7. The molecule has 37 heavy (non-hydrogen) atoms. The third-order valence-electron chi connectivity index (χ3n) is 8.82. The van der Waals surface area contributed by atoms with Crippen LogP contribution in [-0.4, -0.2) is 53.5 Å². The zero-order valence-corrected chi connectivity index (χ0v) is 21.5. The van der Waals surface area contributed by atoms with E-state index in [1.807, 2.05) is 25.7 Å². The summed E-state index contributed by atoms with van der Waals surface area (Å²) in [7, 11) is 0. The highest BCUT2D eigenvalue weighted by Crippen LogP contribution is 2.66. The zero-order chi connectivity index (χ0) is 26.4. The number of carbonyl (C=O) groups is 2. The van der Waals surface area contributed by atoms with E-state index in [9.17, 15) is 18.8 Å². The fraction of sp³-hybridized carbons (Fsp3) is 0.536. The standard InChI is InChI=1S/C28H33FN2O6/c1-26(2)27(3)8-9-28(26,37-25(27)34)24(33)31-11-5-10-30(12-13-31)16-21-15-22(32)23(18-35-21)36-17-19-6-4-7-20(29)14-19/h4,6-7,14-15,18H,5,8-13,16-17H2,1-3H3/t27-,28-/m0/s1. The summed E-state index contributed by atoms with van der Waals surface area (Å²) in [5.74, 6) is -0.168. The van der Waals surface area contributed by atoms with E-state index in [0.29, 0.717) is 50.3 Å². The molecule has 1 aromatic heterocycles. The van der Waals surface area contributed by atoms with Crippen molar-refractivity contribution >= 4 is 11.9 Å². The maximum atomic E-state index is 13.7. The Morgan fingerprint density at radius 1 is 1.08 bits per heavy atom. The second-order valence-corrected chi connectivity index (χ2v) is 11.1. The number of carbonyl (C=O) groups excluding carboxylic acids is 2. The van der Waals surface area contributed by atoms with Gasteiger partial charge in [-0.1, -0.05) is 26.0 Å². The SMILES string of the molecule is CC1(C)[C@@]2(C)CC[C@@]1(C(=O)N1CCCN(Cc3cc(=O)c(OCc4cccc(F)c4)co3)CC1)OC2=O. The lowest BCUT2D eigenvalue weighted by molar-refractivity contribution is -0.174. The van der Waals surface area contributed by atoms with Crippen molar-refractivity contribution < 1.29 is 27.9 Å². The monoisotopic (exact) mass is 512 g/mol. The van der Waals surface area contributed by atoms with Gasteiger partial charge in [0.25, 0.3) is 5.91 Å². The van der Waals surface area contributed by atoms with E-state index >= 15 is 0 Å². The molecule has 2 aliphatic heterocycles. The molecule has 1 aromatic carbocycles. The van der Waals surface area contributed by atoms with Crippen LogP contribution in [0.1, 0.15) is 51.4 Å². The average Bonchev–Trinajstić information content (AvgIpc) is 3.04. The van der Waals surface area contributed by atoms with Crippen molar-refractivity contribution in [2.75, 3.05) is 26.2 Å². The molecule has 3 aliphatic rings. The van der Waals surface area contributed by atoms with Gasteiger partial charge in [0.05, 0.1) is 12.0 Å². The van der Waals surface area contributed by atoms with Gasteiger partial charge in [0.2, 0.25) is 11.2 Å². The number of ether oxygens (including phenoxy) is 2. The predicted molar refractivity (Wildman–Crippen MR) is 132 cm³/mol. The Balaban J connectivity index is 1.19. The quantitative estimate of drug-likeness (QED) is 0.547. The summed E-state index contributed by atoms with van der Waals surface area (Å²) in [6, 6.07) is 7.41. The highest BCUT2D eigenvalue weighted by molar-refractivity contribution is 5.96. The Morgan fingerprint density at radius 2 is 1.89 bits per heavy atom. The van der Waals surface area contributed by atoms with Crippen LogP contribution in [0, 0.1) is 16.6 Å². The minimum absolute atomic E-state index is 0.0601. The molecule has 2 bridgehead atoms. The molecular formula is C28H33FN2O6. The fourth-order valence-corrected chi connectivity index (χ4v) is 5.94. The molecule has 9 heteroatoms. The molecule has 2 aromatic rings. The van der Waals surface area contributed by atoms with Crippen LogP contribution in [0.3, 0.4) is 0 Å². The molecule has 1 amide bonds. The van der Waals surface area contributed by atoms with Gasteiger partial charge >= 0.3 is 5.97 Å². The minimum Gasteiger partial charge on any atom is -0.482 e. The summed E-state index contributed by atoms with van der Waals surface area (Å²) in [5, 5.41) is 0. The Morgan fingerprint density at radius 3 is 2.57 bits per heavy atom. The predicted octanol–water partition coefficient (Wildman–Crippen LogP) is 3.51. The van der Waals surface area contributed by atoms with E-state index in [0.717, 1.165) is 13.0 Å². The third-order valence-corrected chi connectivity index (χ3v) is 8.82. The lowest BCUT2D eigenvalue weighted by atomic mass is 9.66. The number of nitrogens with zero attached hydrogens (tertiary/aromatic N) is 2. The van der Waals surface area contributed by atoms with Gasteiger partial charge in [-0.2, -0.15) is 0 Å². The molecule has 1 saturated carbocycles. The van der Waals surface area contributed by atoms with Crippen molar-refractivity contribution in [1.82, 2.24) is 9.80 Å². The van der Waals surface area contributed by atoms with E-state index in [1.54, 1.807) is 12.1 Å². The second-order valence-electron chi connectivity index (χ2n) is 11.1. The lowest BCUT2D eigenvalue weighted by Gasteiger charge is -2.38. The summed E-state index contributed by atoms with van der Waals surface area (Å²) in [6.07, 6.45) is 3.26. The first-order valence-electron chi connectivity index (χ1n) is 12.8. The molecule has 0 spiro atoms. The summed E-state index contributed by atoms with van der Waals surface area (Å²) < 4.78 is 30.3. The molecule has 3 heterocycles. The number of fused-ring (bicyclic) bond motifs is 2. The largest absolute Gasteiger partial charge is 0.482 e. The van der Waals surface area contributed by atoms with Gasteiger partial charge in [0.15, 0.2) is 5.60 Å². The minimum atomic E-state index is -1.10. The van der Waals surface area contributed by atoms with Crippen molar-refractivity contribution in [2.24, 2.45) is 10.8 Å². The smallest absolute Gasteiger partial charge is 0.313 e. The van der Waals surface area contributed by atoms with Gasteiger partial charge in [0.1, 0.15) is 24.4 Å². The molecule has 2 saturated heterocycles. The summed E-state index contributed by atoms with van der Waals surface area (Å²) in [6.45, 7) is 8.76. The van der Waals surface area contributed by atoms with Crippen LogP contribution < -0.4 is 10.2 Å². The van der Waals surface area contributed by atoms with Gasteiger partial charge in [-0.15, -0.1) is 0 Å². The molecule has 0 unspecified atom stereocenters. The van der Waals surface area contributed by atoms with Gasteiger partial charge in [-0.05, 0) is 43.9 Å². The molecule has 198 valence electrons. The van der Waals surface area contributed by atoms with E-state index < -0.39 is 16.4 Å². The first kappa shape index (κ1) is 25.4. The number of halogens is 1. The lowest BCUT2D eigenvalue weighted by Crippen LogP contribution is -2.55. The number of benzene rings is 1. The topological polar surface area (TPSA) is 89.3 Å². The van der Waals surface area contributed by atoms with Crippen molar-refractivity contribution in [3.05, 3.63) is 64.0 Å². The third kappa shape index (κ3) is 4.23. The van der Waals surface area contributed by atoms with Gasteiger partial charge in [0, 0.05) is 37.7 Å². The van der Waals surface area contributed by atoms with E-state index in [1.165, 1.54) is 24.5 Å². The summed E-state index contributed by atoms with van der Waals surface area (Å²) in [5.41, 5.74) is -1.99. The highest BCUT2D eigenvalue weighted by atomic mass is 19.1. The average molecular weight is 513 g/mol. The van der Waals surface area contributed by atoms with Crippen LogP contribution in [0.2, 0.25) is 0 Å². The second kappa shape index (κ2) is 9.28. The zero-order valence-electron chi connectivity index (χ0n) is 21.5. The first-order chi connectivity index (χ1) is 17.6. The van der Waals surface area contributed by atoms with Crippen LogP contribution >= 0.6 is 0 Å². The molecule has 2 atom stereocenters. The molecule has 1 aliphatic carbocycles. The van der Waals surface area contributed by atoms with E-state index in [-0.39, 0.29) is 35.5 Å². The number of hydrogen-bond donors (Lipinski definition) is 0. The normalized spacial score (nSPS) is 27.1. The van der Waals surface area contributed by atoms with Crippen LogP contribution in [-0.2, 0) is 27.5 Å². The van der Waals surface area contributed by atoms with Crippen molar-refractivity contribution in [1.29, 1.82) is 0 Å². The number of amides is 1. The molecule has 8 nitrogen and oxygen atoms in total. The molecule has 0 N–H and O–H groups in total. The molecule has 5 rings (SSSR count). The number of esters is 1. The summed E-state index contributed by atoms with van der Waals surface area (Å²) in [4.78, 5) is 42.8. The van der Waals surface area contributed by atoms with E-state index in [2.05, 4.69) is 4.90 Å². The Labute approximate surface area is 215 Å². The fourth-order valence-electron chi connectivity index (χ4n) is 5.94. The molecule has 3 fully saturated rings. The Kier molecular flexibility index (Phi) is 6.38. The first-order valence-corrected chi connectivity index (χ1v) is 12.8. The van der Waals surface area contributed by atoms with Crippen molar-refractivity contribution in [3.63, 3.8) is 0 Å². The molecule has 0 radical (unpaired) electrons. The van der Waals surface area contributed by atoms with Gasteiger partial charge in [-0.25, -0.2) is 4.39 Å². The highest BCUT2D eigenvalue weighted by Gasteiger charge is 2.76. The van der Waals surface area contributed by atoms with Crippen LogP contribution in [0.15, 0.2) is 45.8 Å². The van der Waals surface area contributed by atoms with Gasteiger partial charge < -0.3 is 18.8 Å². The van der Waals surface area contributed by atoms with Crippen molar-refractivity contribution in [2.45, 2.75) is 58.8 Å². The Bertz CT molecular complexity index is 1280. The van der Waals surface area contributed by atoms with Crippen molar-refractivity contribution in [3.8, 4) is 5.75 Å². The van der Waals surface area contributed by atoms with Crippen LogP contribution in [0.4, 0.5) is 4.39 Å². The van der Waals surface area contributed by atoms with Gasteiger partial charge in [-0.3, -0.25) is 19.3 Å². The van der Waals surface area contributed by atoms with Crippen LogP contribution in [0.25, 0.3) is 0 Å². The summed E-state index contributed by atoms with van der Waals surface area (Å²) >= 11 is 0. The van der Waals surface area contributed by atoms with Crippen LogP contribution in [0.5, 0.6) is 5.75 Å². The molecular weight excluding hydrogens is 479 g/mol.